The van der Waals surface area contributed by atoms with Gasteiger partial charge in [-0.1, -0.05) is 6.08 Å². The summed E-state index contributed by atoms with van der Waals surface area (Å²) in [7, 11) is 0. The maximum atomic E-state index is 5.54. The SMILES string of the molecule is C/C=C(\C)C(C)(C)O[NH2+]CC. The summed E-state index contributed by atoms with van der Waals surface area (Å²) >= 11 is 0. The Morgan fingerprint density at radius 1 is 1.55 bits per heavy atom. The number of hydrogen-bond donors (Lipinski definition) is 1. The van der Waals surface area contributed by atoms with Gasteiger partial charge in [-0.2, -0.15) is 4.84 Å². The van der Waals surface area contributed by atoms with E-state index in [1.54, 1.807) is 0 Å². The fourth-order valence-corrected chi connectivity index (χ4v) is 0.732. The van der Waals surface area contributed by atoms with Crippen LogP contribution in [0, 0.1) is 0 Å². The highest BCUT2D eigenvalue weighted by molar-refractivity contribution is 5.09. The first kappa shape index (κ1) is 10.7. The summed E-state index contributed by atoms with van der Waals surface area (Å²) in [4.78, 5) is 5.54. The first-order valence-electron chi connectivity index (χ1n) is 4.17. The number of allylic oxidation sites excluding steroid dienone is 1. The Balaban J connectivity index is 3.99. The monoisotopic (exact) mass is 158 g/mol. The molecule has 66 valence electrons. The van der Waals surface area contributed by atoms with Crippen molar-refractivity contribution in [3.05, 3.63) is 11.6 Å². The Hall–Kier alpha value is -0.340. The van der Waals surface area contributed by atoms with E-state index < -0.39 is 0 Å². The molecule has 0 unspecified atom stereocenters. The van der Waals surface area contributed by atoms with E-state index in [4.69, 9.17) is 4.84 Å². The minimum absolute atomic E-state index is 0.134. The summed E-state index contributed by atoms with van der Waals surface area (Å²) in [6, 6.07) is 0. The van der Waals surface area contributed by atoms with Crippen molar-refractivity contribution in [3.63, 3.8) is 0 Å². The molecule has 0 aromatic carbocycles. The molecule has 0 saturated carbocycles. The Labute approximate surface area is 69.6 Å². The van der Waals surface area contributed by atoms with Crippen molar-refractivity contribution in [2.24, 2.45) is 0 Å². The molecule has 0 amide bonds. The van der Waals surface area contributed by atoms with Crippen molar-refractivity contribution >= 4 is 0 Å². The van der Waals surface area contributed by atoms with Gasteiger partial charge < -0.3 is 0 Å². The molecule has 0 saturated heterocycles. The van der Waals surface area contributed by atoms with Crippen LogP contribution < -0.4 is 5.48 Å². The molecule has 0 aromatic rings. The second kappa shape index (κ2) is 4.52. The van der Waals surface area contributed by atoms with Gasteiger partial charge in [-0.05, 0) is 40.2 Å². The molecule has 0 fully saturated rings. The second-order valence-corrected chi connectivity index (χ2v) is 3.17. The molecule has 2 nitrogen and oxygen atoms in total. The van der Waals surface area contributed by atoms with Crippen molar-refractivity contribution in [1.82, 2.24) is 0 Å². The Kier molecular flexibility index (Phi) is 4.38. The zero-order valence-electron chi connectivity index (χ0n) is 8.27. The highest BCUT2D eigenvalue weighted by atomic mass is 16.7. The van der Waals surface area contributed by atoms with Crippen LogP contribution in [0.1, 0.15) is 34.6 Å². The van der Waals surface area contributed by atoms with Crippen LogP contribution in [-0.2, 0) is 4.84 Å². The van der Waals surface area contributed by atoms with E-state index in [1.807, 2.05) is 12.4 Å². The van der Waals surface area contributed by atoms with Gasteiger partial charge in [-0.15, -0.1) is 0 Å². The van der Waals surface area contributed by atoms with Crippen LogP contribution in [0.3, 0.4) is 0 Å². The first-order valence-corrected chi connectivity index (χ1v) is 4.17. The molecule has 0 aliphatic heterocycles. The van der Waals surface area contributed by atoms with Crippen molar-refractivity contribution in [2.45, 2.75) is 40.2 Å². The quantitative estimate of drug-likeness (QED) is 0.483. The van der Waals surface area contributed by atoms with Gasteiger partial charge in [0.05, 0.1) is 0 Å². The highest BCUT2D eigenvalue weighted by Crippen LogP contribution is 2.16. The molecular formula is C9H20NO+. The molecule has 0 aliphatic carbocycles. The minimum atomic E-state index is -0.134. The summed E-state index contributed by atoms with van der Waals surface area (Å²) in [6.45, 7) is 11.3. The fraction of sp³-hybridized carbons (Fsp3) is 0.778. The topological polar surface area (TPSA) is 25.8 Å². The molecule has 0 bridgehead atoms. The highest BCUT2D eigenvalue weighted by Gasteiger charge is 2.22. The van der Waals surface area contributed by atoms with E-state index in [0.717, 1.165) is 6.54 Å². The van der Waals surface area contributed by atoms with Crippen LogP contribution in [0.2, 0.25) is 0 Å². The van der Waals surface area contributed by atoms with Crippen LogP contribution in [0.4, 0.5) is 0 Å². The zero-order chi connectivity index (χ0) is 8.91. The van der Waals surface area contributed by atoms with Gasteiger partial charge in [0, 0.05) is 0 Å². The lowest BCUT2D eigenvalue weighted by Gasteiger charge is -2.22. The van der Waals surface area contributed by atoms with Crippen LogP contribution in [0.5, 0.6) is 0 Å². The van der Waals surface area contributed by atoms with Gasteiger partial charge in [-0.3, -0.25) is 0 Å². The largest absolute Gasteiger partial charge is 0.201 e. The summed E-state index contributed by atoms with van der Waals surface area (Å²) < 4.78 is 0. The van der Waals surface area contributed by atoms with Crippen LogP contribution in [0.25, 0.3) is 0 Å². The molecule has 0 radical (unpaired) electrons. The summed E-state index contributed by atoms with van der Waals surface area (Å²) in [6.07, 6.45) is 2.09. The lowest BCUT2D eigenvalue weighted by Crippen LogP contribution is -2.85. The molecule has 11 heavy (non-hydrogen) atoms. The smallest absolute Gasteiger partial charge is 0.142 e. The zero-order valence-corrected chi connectivity index (χ0v) is 8.27. The molecule has 2 N–H and O–H groups in total. The Bertz CT molecular complexity index is 138. The van der Waals surface area contributed by atoms with Crippen molar-refractivity contribution < 1.29 is 10.3 Å². The van der Waals surface area contributed by atoms with Gasteiger partial charge in [-0.25, -0.2) is 5.48 Å². The Morgan fingerprint density at radius 2 is 2.09 bits per heavy atom. The first-order chi connectivity index (χ1) is 5.04. The molecule has 0 heterocycles. The van der Waals surface area contributed by atoms with Crippen LogP contribution >= 0.6 is 0 Å². The van der Waals surface area contributed by atoms with E-state index >= 15 is 0 Å². The third-order valence-electron chi connectivity index (χ3n) is 1.93. The van der Waals surface area contributed by atoms with Gasteiger partial charge in [0.15, 0.2) is 0 Å². The van der Waals surface area contributed by atoms with E-state index in [1.165, 1.54) is 5.57 Å². The van der Waals surface area contributed by atoms with Gasteiger partial charge in [0.25, 0.3) is 0 Å². The molecular weight excluding hydrogens is 138 g/mol. The molecule has 0 aromatic heterocycles. The lowest BCUT2D eigenvalue weighted by atomic mass is 10.00. The van der Waals surface area contributed by atoms with Crippen LogP contribution in [0.15, 0.2) is 11.6 Å². The van der Waals surface area contributed by atoms with Crippen LogP contribution in [-0.4, -0.2) is 12.1 Å². The second-order valence-electron chi connectivity index (χ2n) is 3.17. The van der Waals surface area contributed by atoms with E-state index in [9.17, 15) is 0 Å². The summed E-state index contributed by atoms with van der Waals surface area (Å²) in [5.41, 5.74) is 2.99. The molecule has 0 spiro atoms. The fourth-order valence-electron chi connectivity index (χ4n) is 0.732. The Morgan fingerprint density at radius 3 is 2.45 bits per heavy atom. The molecule has 0 aliphatic rings. The van der Waals surface area contributed by atoms with Crippen molar-refractivity contribution in [3.8, 4) is 0 Å². The average molecular weight is 158 g/mol. The number of quaternary nitrogens is 1. The number of hydroxylamine groups is 1. The number of rotatable bonds is 4. The minimum Gasteiger partial charge on any atom is -0.201 e. The summed E-state index contributed by atoms with van der Waals surface area (Å²) in [5.74, 6) is 0. The van der Waals surface area contributed by atoms with E-state index in [-0.39, 0.29) is 5.60 Å². The van der Waals surface area contributed by atoms with E-state index in [0.29, 0.717) is 0 Å². The maximum absolute atomic E-state index is 5.54. The van der Waals surface area contributed by atoms with Gasteiger partial charge in [0.1, 0.15) is 12.1 Å². The van der Waals surface area contributed by atoms with Gasteiger partial charge in [0.2, 0.25) is 0 Å². The predicted molar refractivity (Wildman–Crippen MR) is 47.1 cm³/mol. The lowest BCUT2D eigenvalue weighted by molar-refractivity contribution is -0.908. The summed E-state index contributed by atoms with van der Waals surface area (Å²) in [5, 5.41) is 0. The van der Waals surface area contributed by atoms with Crippen molar-refractivity contribution in [1.29, 1.82) is 0 Å². The third-order valence-corrected chi connectivity index (χ3v) is 1.93. The van der Waals surface area contributed by atoms with E-state index in [2.05, 4.69) is 33.8 Å². The number of nitrogens with two attached hydrogens (primary N) is 1. The number of hydrogen-bond acceptors (Lipinski definition) is 1. The normalized spacial score (nSPS) is 13.7. The third kappa shape index (κ3) is 3.54. The molecule has 0 rings (SSSR count). The molecule has 0 atom stereocenters. The average Bonchev–Trinajstić information content (AvgIpc) is 1.99. The van der Waals surface area contributed by atoms with Gasteiger partial charge >= 0.3 is 0 Å². The maximum Gasteiger partial charge on any atom is 0.142 e. The molecule has 2 heteroatoms. The predicted octanol–water partition coefficient (Wildman–Crippen LogP) is 1.25. The standard InChI is InChI=1S/C9H19NO/c1-6-8(3)9(4,5)11-10-7-2/h6,10H,7H2,1-5H3/p+1/b8-6+. The van der Waals surface area contributed by atoms with Crippen molar-refractivity contribution in [2.75, 3.05) is 6.54 Å².